The Balaban J connectivity index is 2.23. The molecular formula is C12H23NO3. The summed E-state index contributed by atoms with van der Waals surface area (Å²) in [4.78, 5) is 13.7. The van der Waals surface area contributed by atoms with E-state index >= 15 is 0 Å². The molecule has 0 unspecified atom stereocenters. The molecule has 0 aromatic carbocycles. The van der Waals surface area contributed by atoms with E-state index in [2.05, 4.69) is 0 Å². The lowest BCUT2D eigenvalue weighted by Gasteiger charge is -2.37. The predicted octanol–water partition coefficient (Wildman–Crippen LogP) is 1.18. The molecule has 1 saturated carbocycles. The number of hydrogen-bond donors (Lipinski definition) is 1. The van der Waals surface area contributed by atoms with Crippen LogP contribution in [0.1, 0.15) is 39.0 Å². The van der Waals surface area contributed by atoms with E-state index in [0.717, 1.165) is 19.3 Å². The van der Waals surface area contributed by atoms with Crippen LogP contribution in [-0.2, 0) is 9.53 Å². The van der Waals surface area contributed by atoms with Crippen LogP contribution in [0.4, 0.5) is 0 Å². The van der Waals surface area contributed by atoms with Gasteiger partial charge in [0.2, 0.25) is 5.91 Å². The average Bonchev–Trinajstić information content (AvgIpc) is 2.21. The standard InChI is InChI=1S/C12H23NO3/c1-2-16-10-4-7-12(15)13(8-9-14)11-5-3-6-11/h11,14H,2-10H2,1H3. The molecule has 0 aromatic rings. The molecule has 16 heavy (non-hydrogen) atoms. The smallest absolute Gasteiger partial charge is 0.222 e. The zero-order chi connectivity index (χ0) is 11.8. The van der Waals surface area contributed by atoms with Crippen molar-refractivity contribution in [1.82, 2.24) is 4.90 Å². The molecule has 0 spiro atoms. The van der Waals surface area contributed by atoms with Gasteiger partial charge in [-0.15, -0.1) is 0 Å². The molecule has 1 aliphatic carbocycles. The summed E-state index contributed by atoms with van der Waals surface area (Å²) in [6, 6.07) is 0.381. The highest BCUT2D eigenvalue weighted by Crippen LogP contribution is 2.25. The number of carbonyl (C=O) groups excluding carboxylic acids is 1. The molecule has 0 bridgehead atoms. The van der Waals surface area contributed by atoms with Gasteiger partial charge in [-0.2, -0.15) is 0 Å². The number of hydrogen-bond acceptors (Lipinski definition) is 3. The van der Waals surface area contributed by atoms with E-state index in [9.17, 15) is 4.79 Å². The van der Waals surface area contributed by atoms with Gasteiger partial charge in [-0.1, -0.05) is 0 Å². The third-order valence-corrected chi connectivity index (χ3v) is 3.06. The summed E-state index contributed by atoms with van der Waals surface area (Å²) < 4.78 is 5.20. The molecule has 0 radical (unpaired) electrons. The molecule has 0 aliphatic heterocycles. The molecule has 4 heteroatoms. The predicted molar refractivity (Wildman–Crippen MR) is 62.2 cm³/mol. The van der Waals surface area contributed by atoms with Gasteiger partial charge in [0.1, 0.15) is 0 Å². The minimum absolute atomic E-state index is 0.0632. The highest BCUT2D eigenvalue weighted by molar-refractivity contribution is 5.76. The van der Waals surface area contributed by atoms with E-state index in [-0.39, 0.29) is 12.5 Å². The summed E-state index contributed by atoms with van der Waals surface area (Å²) in [6.45, 7) is 3.86. The monoisotopic (exact) mass is 229 g/mol. The van der Waals surface area contributed by atoms with E-state index in [1.165, 1.54) is 6.42 Å². The van der Waals surface area contributed by atoms with Crippen molar-refractivity contribution < 1.29 is 14.6 Å². The molecule has 0 saturated heterocycles. The van der Waals surface area contributed by atoms with Gasteiger partial charge >= 0.3 is 0 Å². The van der Waals surface area contributed by atoms with Crippen LogP contribution in [0.25, 0.3) is 0 Å². The van der Waals surface area contributed by atoms with Gasteiger partial charge in [0.15, 0.2) is 0 Å². The summed E-state index contributed by atoms with van der Waals surface area (Å²) in [6.07, 6.45) is 4.71. The Morgan fingerprint density at radius 2 is 2.25 bits per heavy atom. The van der Waals surface area contributed by atoms with E-state index < -0.39 is 0 Å². The number of rotatable bonds is 8. The van der Waals surface area contributed by atoms with Gasteiger partial charge in [-0.25, -0.2) is 0 Å². The fourth-order valence-corrected chi connectivity index (χ4v) is 1.93. The van der Waals surface area contributed by atoms with Gasteiger partial charge in [-0.3, -0.25) is 4.79 Å². The quantitative estimate of drug-likeness (QED) is 0.636. The summed E-state index contributed by atoms with van der Waals surface area (Å²) in [5, 5.41) is 8.95. The molecule has 4 nitrogen and oxygen atoms in total. The third kappa shape index (κ3) is 4.10. The number of aliphatic hydroxyl groups excluding tert-OH is 1. The van der Waals surface area contributed by atoms with Crippen molar-refractivity contribution in [2.24, 2.45) is 0 Å². The Kier molecular flexibility index (Phi) is 6.42. The molecule has 0 aromatic heterocycles. The maximum absolute atomic E-state index is 11.9. The van der Waals surface area contributed by atoms with Crippen LogP contribution in [0.2, 0.25) is 0 Å². The SMILES string of the molecule is CCOCCCC(=O)N(CCO)C1CCC1. The maximum Gasteiger partial charge on any atom is 0.222 e. The number of amides is 1. The van der Waals surface area contributed by atoms with E-state index in [1.54, 1.807) is 0 Å². The summed E-state index contributed by atoms with van der Waals surface area (Å²) >= 11 is 0. The molecule has 1 fully saturated rings. The van der Waals surface area contributed by atoms with Crippen LogP contribution in [0, 0.1) is 0 Å². The van der Waals surface area contributed by atoms with Gasteiger partial charge in [0, 0.05) is 32.2 Å². The van der Waals surface area contributed by atoms with Crippen molar-refractivity contribution in [3.8, 4) is 0 Å². The highest BCUT2D eigenvalue weighted by Gasteiger charge is 2.27. The second-order valence-electron chi connectivity index (χ2n) is 4.20. The van der Waals surface area contributed by atoms with Gasteiger partial charge in [0.05, 0.1) is 6.61 Å². The maximum atomic E-state index is 11.9. The lowest BCUT2D eigenvalue weighted by atomic mass is 9.91. The summed E-state index contributed by atoms with van der Waals surface area (Å²) in [7, 11) is 0. The second kappa shape index (κ2) is 7.63. The molecule has 1 amide bonds. The largest absolute Gasteiger partial charge is 0.395 e. The molecule has 1 rings (SSSR count). The van der Waals surface area contributed by atoms with E-state index in [0.29, 0.717) is 32.2 Å². The van der Waals surface area contributed by atoms with Crippen molar-refractivity contribution in [3.05, 3.63) is 0 Å². The first-order chi connectivity index (χ1) is 7.79. The minimum Gasteiger partial charge on any atom is -0.395 e. The molecule has 1 N–H and O–H groups in total. The Bertz CT molecular complexity index is 204. The van der Waals surface area contributed by atoms with Crippen LogP contribution >= 0.6 is 0 Å². The molecular weight excluding hydrogens is 206 g/mol. The first kappa shape index (κ1) is 13.5. The van der Waals surface area contributed by atoms with Crippen molar-refractivity contribution in [3.63, 3.8) is 0 Å². The Labute approximate surface area is 97.6 Å². The van der Waals surface area contributed by atoms with E-state index in [1.807, 2.05) is 11.8 Å². The van der Waals surface area contributed by atoms with Gasteiger partial charge < -0.3 is 14.7 Å². The minimum atomic E-state index is 0.0632. The topological polar surface area (TPSA) is 49.8 Å². The van der Waals surface area contributed by atoms with Crippen molar-refractivity contribution in [2.75, 3.05) is 26.4 Å². The second-order valence-corrected chi connectivity index (χ2v) is 4.20. The fraction of sp³-hybridized carbons (Fsp3) is 0.917. The fourth-order valence-electron chi connectivity index (χ4n) is 1.93. The van der Waals surface area contributed by atoms with Crippen LogP contribution in [0.5, 0.6) is 0 Å². The van der Waals surface area contributed by atoms with Crippen LogP contribution in [-0.4, -0.2) is 48.3 Å². The van der Waals surface area contributed by atoms with E-state index in [4.69, 9.17) is 9.84 Å². The molecule has 1 aliphatic rings. The van der Waals surface area contributed by atoms with Crippen LogP contribution < -0.4 is 0 Å². The molecule has 0 atom stereocenters. The zero-order valence-corrected chi connectivity index (χ0v) is 10.2. The summed E-state index contributed by atoms with van der Waals surface area (Å²) in [5.41, 5.74) is 0. The number of nitrogens with zero attached hydrogens (tertiary/aromatic N) is 1. The lowest BCUT2D eigenvalue weighted by molar-refractivity contribution is -0.136. The third-order valence-electron chi connectivity index (χ3n) is 3.06. The number of ether oxygens (including phenoxy) is 1. The first-order valence-electron chi connectivity index (χ1n) is 6.27. The highest BCUT2D eigenvalue weighted by atomic mass is 16.5. The van der Waals surface area contributed by atoms with Gasteiger partial charge in [0.25, 0.3) is 0 Å². The van der Waals surface area contributed by atoms with Crippen molar-refractivity contribution in [2.45, 2.75) is 45.1 Å². The number of aliphatic hydroxyl groups is 1. The first-order valence-corrected chi connectivity index (χ1v) is 6.27. The van der Waals surface area contributed by atoms with Crippen LogP contribution in [0.15, 0.2) is 0 Å². The zero-order valence-electron chi connectivity index (χ0n) is 10.2. The Hall–Kier alpha value is -0.610. The Morgan fingerprint density at radius 1 is 1.50 bits per heavy atom. The molecule has 0 heterocycles. The van der Waals surface area contributed by atoms with Crippen molar-refractivity contribution >= 4 is 5.91 Å². The molecule has 94 valence electrons. The summed E-state index contributed by atoms with van der Waals surface area (Å²) in [5.74, 6) is 0.165. The normalized spacial score (nSPS) is 15.9. The van der Waals surface area contributed by atoms with Gasteiger partial charge in [-0.05, 0) is 32.6 Å². The van der Waals surface area contributed by atoms with Crippen LogP contribution in [0.3, 0.4) is 0 Å². The number of carbonyl (C=O) groups is 1. The average molecular weight is 229 g/mol. The Morgan fingerprint density at radius 3 is 2.75 bits per heavy atom. The van der Waals surface area contributed by atoms with Crippen molar-refractivity contribution in [1.29, 1.82) is 0 Å². The lowest BCUT2D eigenvalue weighted by Crippen LogP contribution is -2.45.